The largest absolute Gasteiger partial charge is 0.494 e. The van der Waals surface area contributed by atoms with Crippen LogP contribution in [-0.4, -0.2) is 67.7 Å². The summed E-state index contributed by atoms with van der Waals surface area (Å²) >= 11 is 0. The van der Waals surface area contributed by atoms with Gasteiger partial charge < -0.3 is 25.2 Å². The van der Waals surface area contributed by atoms with E-state index in [1.807, 2.05) is 6.07 Å². The highest BCUT2D eigenvalue weighted by Crippen LogP contribution is 2.41. The number of nitrogens with zero attached hydrogens (tertiary/aromatic N) is 5. The number of benzene rings is 2. The van der Waals surface area contributed by atoms with E-state index in [-0.39, 0.29) is 23.9 Å². The molecule has 1 atom stereocenters. The van der Waals surface area contributed by atoms with Gasteiger partial charge in [0.15, 0.2) is 5.82 Å². The number of anilines is 5. The van der Waals surface area contributed by atoms with E-state index >= 15 is 0 Å². The SMILES string of the molecule is C=CC(=O)Nc1cc(Nc2cc(N3OCCC3c3ccc(F)c(C(F)(F)F)c3)ncn2)c(OC)cc1N1CCC(N(C)C)CC1. The number of hydroxylamine groups is 1. The molecule has 240 valence electrons. The van der Waals surface area contributed by atoms with Gasteiger partial charge in [0.25, 0.3) is 0 Å². The molecular formula is C31H35F4N7O3. The molecule has 2 aliphatic heterocycles. The summed E-state index contributed by atoms with van der Waals surface area (Å²) in [4.78, 5) is 31.1. The van der Waals surface area contributed by atoms with Gasteiger partial charge in [-0.2, -0.15) is 13.2 Å². The minimum atomic E-state index is -4.84. The number of hydrogen-bond acceptors (Lipinski definition) is 9. The third kappa shape index (κ3) is 7.12. The maximum absolute atomic E-state index is 14.0. The molecule has 0 saturated carbocycles. The molecule has 1 aromatic heterocycles. The quantitative estimate of drug-likeness (QED) is 0.221. The second-order valence-electron chi connectivity index (χ2n) is 11.0. The van der Waals surface area contributed by atoms with Crippen molar-refractivity contribution in [2.45, 2.75) is 37.5 Å². The maximum Gasteiger partial charge on any atom is 0.419 e. The summed E-state index contributed by atoms with van der Waals surface area (Å²) in [5, 5.41) is 7.50. The average Bonchev–Trinajstić information content (AvgIpc) is 3.51. The van der Waals surface area contributed by atoms with Crippen molar-refractivity contribution in [2.75, 3.05) is 61.5 Å². The van der Waals surface area contributed by atoms with E-state index in [0.29, 0.717) is 35.4 Å². The van der Waals surface area contributed by atoms with Crippen LogP contribution in [0.5, 0.6) is 5.75 Å². The van der Waals surface area contributed by atoms with Crippen molar-refractivity contribution in [1.82, 2.24) is 14.9 Å². The van der Waals surface area contributed by atoms with E-state index in [1.165, 1.54) is 30.6 Å². The van der Waals surface area contributed by atoms with Gasteiger partial charge in [-0.05, 0) is 56.8 Å². The number of methoxy groups -OCH3 is 1. The zero-order valence-corrected chi connectivity index (χ0v) is 25.2. The molecule has 14 heteroatoms. The summed E-state index contributed by atoms with van der Waals surface area (Å²) in [6, 6.07) is 7.94. The van der Waals surface area contributed by atoms with Crippen LogP contribution in [0.1, 0.15) is 36.4 Å². The first-order valence-corrected chi connectivity index (χ1v) is 14.4. The first-order chi connectivity index (χ1) is 21.5. The Morgan fingerprint density at radius 1 is 1.11 bits per heavy atom. The molecule has 2 aromatic carbocycles. The van der Waals surface area contributed by atoms with E-state index in [1.54, 1.807) is 12.1 Å². The monoisotopic (exact) mass is 629 g/mol. The van der Waals surface area contributed by atoms with Crippen LogP contribution in [0, 0.1) is 5.82 Å². The van der Waals surface area contributed by atoms with Gasteiger partial charge in [-0.3, -0.25) is 9.63 Å². The van der Waals surface area contributed by atoms with Crippen LogP contribution in [0.3, 0.4) is 0 Å². The van der Waals surface area contributed by atoms with Gasteiger partial charge in [0, 0.05) is 37.7 Å². The highest BCUT2D eigenvalue weighted by Gasteiger charge is 2.37. The lowest BCUT2D eigenvalue weighted by molar-refractivity contribution is -0.140. The molecule has 45 heavy (non-hydrogen) atoms. The second kappa shape index (κ2) is 13.3. The van der Waals surface area contributed by atoms with Crippen molar-refractivity contribution in [3.05, 3.63) is 72.3 Å². The Morgan fingerprint density at radius 2 is 1.87 bits per heavy atom. The van der Waals surface area contributed by atoms with Gasteiger partial charge in [-0.15, -0.1) is 0 Å². The molecule has 2 fully saturated rings. The zero-order valence-electron chi connectivity index (χ0n) is 25.2. The van der Waals surface area contributed by atoms with E-state index in [9.17, 15) is 22.4 Å². The molecule has 2 aliphatic rings. The summed E-state index contributed by atoms with van der Waals surface area (Å²) in [6.07, 6.45) is -0.0633. The number of carbonyl (C=O) groups is 1. The van der Waals surface area contributed by atoms with Crippen LogP contribution in [0.15, 0.2) is 55.4 Å². The molecule has 1 amide bonds. The Hall–Kier alpha value is -4.43. The number of halogens is 4. The molecule has 2 N–H and O–H groups in total. The Kier molecular flexibility index (Phi) is 9.44. The smallest absolute Gasteiger partial charge is 0.419 e. The fourth-order valence-electron chi connectivity index (χ4n) is 5.64. The Balaban J connectivity index is 1.43. The second-order valence-corrected chi connectivity index (χ2v) is 11.0. The normalized spacial score (nSPS) is 17.5. The lowest BCUT2D eigenvalue weighted by Gasteiger charge is -2.37. The van der Waals surface area contributed by atoms with Crippen LogP contribution in [-0.2, 0) is 15.8 Å². The standard InChI is InChI=1S/C31H35F4N7O3/c1-5-30(43)39-23-15-24(27(44-4)16-26(23)41-11-8-20(9-12-41)40(2)3)38-28-17-29(37-18-36-28)42-25(10-13-45-42)19-6-7-22(32)21(14-19)31(33,34)35/h5-7,14-18,20,25H,1,8-13H2,2-4H3,(H,39,43)(H,36,37,38). The van der Waals surface area contributed by atoms with Crippen LogP contribution in [0.25, 0.3) is 0 Å². The summed E-state index contributed by atoms with van der Waals surface area (Å²) in [5.41, 5.74) is 0.762. The first kappa shape index (κ1) is 32.0. The number of aromatic nitrogens is 2. The third-order valence-electron chi connectivity index (χ3n) is 8.02. The number of alkyl halides is 3. The van der Waals surface area contributed by atoms with Crippen molar-refractivity contribution in [3.8, 4) is 5.75 Å². The van der Waals surface area contributed by atoms with E-state index in [0.717, 1.165) is 43.8 Å². The average molecular weight is 630 g/mol. The summed E-state index contributed by atoms with van der Waals surface area (Å²) < 4.78 is 59.9. The minimum absolute atomic E-state index is 0.226. The molecule has 3 heterocycles. The Bertz CT molecular complexity index is 1540. The molecule has 0 radical (unpaired) electrons. The predicted molar refractivity (Wildman–Crippen MR) is 163 cm³/mol. The minimum Gasteiger partial charge on any atom is -0.494 e. The molecule has 5 rings (SSSR count). The molecular weight excluding hydrogens is 594 g/mol. The fraction of sp³-hybridized carbons (Fsp3) is 0.387. The van der Waals surface area contributed by atoms with Crippen LogP contribution < -0.4 is 25.3 Å². The first-order valence-electron chi connectivity index (χ1n) is 14.4. The molecule has 2 saturated heterocycles. The Labute approximate surface area is 258 Å². The highest BCUT2D eigenvalue weighted by molar-refractivity contribution is 6.02. The van der Waals surface area contributed by atoms with E-state index in [2.05, 4.69) is 51.1 Å². The lowest BCUT2D eigenvalue weighted by atomic mass is 10.0. The molecule has 0 spiro atoms. The molecule has 0 bridgehead atoms. The number of carbonyl (C=O) groups excluding carboxylic acids is 1. The van der Waals surface area contributed by atoms with E-state index < -0.39 is 23.6 Å². The molecule has 0 aliphatic carbocycles. The van der Waals surface area contributed by atoms with Crippen molar-refractivity contribution in [1.29, 1.82) is 0 Å². The van der Waals surface area contributed by atoms with Crippen molar-refractivity contribution in [2.24, 2.45) is 0 Å². The van der Waals surface area contributed by atoms with Crippen molar-refractivity contribution in [3.63, 3.8) is 0 Å². The van der Waals surface area contributed by atoms with Crippen molar-refractivity contribution < 1.29 is 31.9 Å². The predicted octanol–water partition coefficient (Wildman–Crippen LogP) is 5.92. The number of rotatable bonds is 9. The van der Waals surface area contributed by atoms with Crippen LogP contribution in [0.4, 0.5) is 46.3 Å². The summed E-state index contributed by atoms with van der Waals surface area (Å²) in [7, 11) is 5.68. The Morgan fingerprint density at radius 3 is 2.53 bits per heavy atom. The highest BCUT2D eigenvalue weighted by atomic mass is 19.4. The summed E-state index contributed by atoms with van der Waals surface area (Å²) in [5.74, 6) is -0.591. The number of nitrogens with one attached hydrogen (secondary N) is 2. The van der Waals surface area contributed by atoms with Gasteiger partial charge in [0.05, 0.1) is 42.4 Å². The third-order valence-corrected chi connectivity index (χ3v) is 8.02. The number of amides is 1. The van der Waals surface area contributed by atoms with Gasteiger partial charge >= 0.3 is 6.18 Å². The van der Waals surface area contributed by atoms with Gasteiger partial charge in [-0.1, -0.05) is 12.6 Å². The molecule has 10 nitrogen and oxygen atoms in total. The number of hydrogen-bond donors (Lipinski definition) is 2. The van der Waals surface area contributed by atoms with Gasteiger partial charge in [0.1, 0.15) is 23.7 Å². The zero-order chi connectivity index (χ0) is 32.3. The van der Waals surface area contributed by atoms with Crippen LogP contribution >= 0.6 is 0 Å². The van der Waals surface area contributed by atoms with Crippen LogP contribution in [0.2, 0.25) is 0 Å². The lowest BCUT2D eigenvalue weighted by Crippen LogP contribution is -2.42. The van der Waals surface area contributed by atoms with Gasteiger partial charge in [0.2, 0.25) is 5.91 Å². The topological polar surface area (TPSA) is 95.1 Å². The van der Waals surface area contributed by atoms with Gasteiger partial charge in [-0.25, -0.2) is 19.4 Å². The number of piperidine rings is 1. The maximum atomic E-state index is 14.0. The van der Waals surface area contributed by atoms with E-state index in [4.69, 9.17) is 9.57 Å². The number of ether oxygens (including phenoxy) is 1. The molecule has 1 unspecified atom stereocenters. The summed E-state index contributed by atoms with van der Waals surface area (Å²) in [6.45, 7) is 5.38. The molecule has 3 aromatic rings. The fourth-order valence-corrected chi connectivity index (χ4v) is 5.64. The van der Waals surface area contributed by atoms with Crippen molar-refractivity contribution >= 4 is 34.6 Å².